The first-order valence-corrected chi connectivity index (χ1v) is 11.8. The van der Waals surface area contributed by atoms with Crippen molar-refractivity contribution in [2.45, 2.75) is 38.6 Å². The number of carbonyl (C=O) groups is 3. The Bertz CT molecular complexity index is 1240. The number of nitrogens with one attached hydrogen (secondary N) is 2. The third-order valence-electron chi connectivity index (χ3n) is 6.36. The van der Waals surface area contributed by atoms with E-state index in [1.54, 1.807) is 6.07 Å². The number of amides is 4. The van der Waals surface area contributed by atoms with Crippen LogP contribution in [-0.2, 0) is 16.0 Å². The van der Waals surface area contributed by atoms with E-state index < -0.39 is 18.0 Å². The number of urea groups is 1. The molecule has 0 spiro atoms. The van der Waals surface area contributed by atoms with Gasteiger partial charge in [0.1, 0.15) is 12.6 Å². The molecule has 4 amide bonds. The highest BCUT2D eigenvalue weighted by molar-refractivity contribution is 6.05. The van der Waals surface area contributed by atoms with Gasteiger partial charge in [-0.2, -0.15) is 0 Å². The van der Waals surface area contributed by atoms with Crippen LogP contribution in [0.3, 0.4) is 0 Å². The average Bonchev–Trinajstić information content (AvgIpc) is 2.95. The van der Waals surface area contributed by atoms with Crippen molar-refractivity contribution in [3.8, 4) is 0 Å². The van der Waals surface area contributed by atoms with Gasteiger partial charge in [0.25, 0.3) is 0 Å². The second-order valence-electron chi connectivity index (χ2n) is 8.81. The molecule has 3 aromatic rings. The lowest BCUT2D eigenvalue weighted by Crippen LogP contribution is -2.51. The Labute approximate surface area is 205 Å². The molecule has 4 N–H and O–H groups in total. The number of hydrogen-bond acceptors (Lipinski definition) is 3. The van der Waals surface area contributed by atoms with Crippen molar-refractivity contribution in [3.05, 3.63) is 95.1 Å². The number of rotatable bonds is 6. The maximum absolute atomic E-state index is 13.7. The molecule has 180 valence electrons. The van der Waals surface area contributed by atoms with Crippen LogP contribution >= 0.6 is 0 Å². The van der Waals surface area contributed by atoms with Crippen LogP contribution < -0.4 is 21.3 Å². The highest BCUT2D eigenvalue weighted by Crippen LogP contribution is 2.40. The zero-order valence-corrected chi connectivity index (χ0v) is 20.0. The van der Waals surface area contributed by atoms with Crippen LogP contribution in [-0.4, -0.2) is 30.4 Å². The van der Waals surface area contributed by atoms with Crippen LogP contribution in [0.1, 0.15) is 41.5 Å². The highest BCUT2D eigenvalue weighted by Gasteiger charge is 2.37. The predicted octanol–water partition coefficient (Wildman–Crippen LogP) is 4.10. The second-order valence-corrected chi connectivity index (χ2v) is 8.81. The topological polar surface area (TPSA) is 105 Å². The van der Waals surface area contributed by atoms with Crippen LogP contribution in [0.4, 0.5) is 16.2 Å². The molecule has 4 rings (SSSR count). The van der Waals surface area contributed by atoms with Gasteiger partial charge >= 0.3 is 6.03 Å². The number of fused-ring (bicyclic) bond motifs is 1. The first-order chi connectivity index (χ1) is 16.9. The van der Waals surface area contributed by atoms with Gasteiger partial charge in [-0.15, -0.1) is 0 Å². The Morgan fingerprint density at radius 3 is 2.49 bits per heavy atom. The molecular formula is C28H30N4O3. The Morgan fingerprint density at radius 2 is 1.77 bits per heavy atom. The Morgan fingerprint density at radius 1 is 1.03 bits per heavy atom. The van der Waals surface area contributed by atoms with Crippen molar-refractivity contribution < 1.29 is 14.4 Å². The van der Waals surface area contributed by atoms with Gasteiger partial charge in [-0.25, -0.2) is 4.79 Å². The summed E-state index contributed by atoms with van der Waals surface area (Å²) in [6.45, 7) is 3.68. The molecule has 0 aliphatic carbocycles. The van der Waals surface area contributed by atoms with Gasteiger partial charge < -0.3 is 21.3 Å². The van der Waals surface area contributed by atoms with Gasteiger partial charge in [0.05, 0.1) is 5.69 Å². The SMILES string of the molecule is CCc1cccc(NC(=O)NC2CC(c3ccccc3)c3cccc(C)c3N(CC(N)=O)C2=O)c1. The summed E-state index contributed by atoms with van der Waals surface area (Å²) in [5, 5.41) is 5.69. The normalized spacial score (nSPS) is 17.3. The molecule has 0 radical (unpaired) electrons. The van der Waals surface area contributed by atoms with Gasteiger partial charge in [-0.3, -0.25) is 9.59 Å². The van der Waals surface area contributed by atoms with E-state index in [1.165, 1.54) is 4.90 Å². The van der Waals surface area contributed by atoms with Gasteiger partial charge in [0.2, 0.25) is 11.8 Å². The molecule has 1 heterocycles. The number of para-hydroxylation sites is 1. The smallest absolute Gasteiger partial charge is 0.319 e. The number of aryl methyl sites for hydroxylation is 2. The molecule has 2 unspecified atom stereocenters. The van der Waals surface area contributed by atoms with Crippen LogP contribution in [0.2, 0.25) is 0 Å². The summed E-state index contributed by atoms with van der Waals surface area (Å²) in [7, 11) is 0. The number of carbonyl (C=O) groups excluding carboxylic acids is 3. The third-order valence-corrected chi connectivity index (χ3v) is 6.36. The lowest BCUT2D eigenvalue weighted by Gasteiger charge is -2.26. The van der Waals surface area contributed by atoms with Crippen LogP contribution in [0.15, 0.2) is 72.8 Å². The van der Waals surface area contributed by atoms with Crippen molar-refractivity contribution >= 4 is 29.2 Å². The van der Waals surface area contributed by atoms with Gasteiger partial charge in [-0.1, -0.05) is 67.6 Å². The number of hydrogen-bond donors (Lipinski definition) is 3. The fraction of sp³-hybridized carbons (Fsp3) is 0.250. The summed E-state index contributed by atoms with van der Waals surface area (Å²) in [6, 6.07) is 21.9. The first-order valence-electron chi connectivity index (χ1n) is 11.8. The molecule has 35 heavy (non-hydrogen) atoms. The van der Waals surface area contributed by atoms with Gasteiger partial charge in [0.15, 0.2) is 0 Å². The molecule has 1 aliphatic heterocycles. The Hall–Kier alpha value is -4.13. The molecule has 7 nitrogen and oxygen atoms in total. The van der Waals surface area contributed by atoms with Crippen molar-refractivity contribution in [2.75, 3.05) is 16.8 Å². The molecule has 0 aromatic heterocycles. The zero-order valence-electron chi connectivity index (χ0n) is 20.0. The average molecular weight is 471 g/mol. The predicted molar refractivity (Wildman–Crippen MR) is 137 cm³/mol. The molecule has 0 bridgehead atoms. The minimum absolute atomic E-state index is 0.165. The summed E-state index contributed by atoms with van der Waals surface area (Å²) < 4.78 is 0. The Kier molecular flexibility index (Phi) is 7.15. The molecular weight excluding hydrogens is 440 g/mol. The zero-order chi connectivity index (χ0) is 24.9. The third kappa shape index (κ3) is 5.35. The van der Waals surface area contributed by atoms with Crippen molar-refractivity contribution in [1.29, 1.82) is 0 Å². The van der Waals surface area contributed by atoms with Crippen LogP contribution in [0, 0.1) is 6.92 Å². The van der Waals surface area contributed by atoms with E-state index in [2.05, 4.69) is 10.6 Å². The first kappa shape index (κ1) is 24.0. The number of anilines is 2. The number of primary amides is 1. The second kappa shape index (κ2) is 10.4. The molecule has 0 saturated heterocycles. The van der Waals surface area contributed by atoms with Crippen molar-refractivity contribution in [3.63, 3.8) is 0 Å². The molecule has 0 fully saturated rings. The van der Waals surface area contributed by atoms with Crippen LogP contribution in [0.25, 0.3) is 0 Å². The minimum Gasteiger partial charge on any atom is -0.368 e. The number of nitrogens with two attached hydrogens (primary N) is 1. The lowest BCUT2D eigenvalue weighted by atomic mass is 9.85. The monoisotopic (exact) mass is 470 g/mol. The maximum Gasteiger partial charge on any atom is 0.319 e. The summed E-state index contributed by atoms with van der Waals surface area (Å²) in [5.41, 5.74) is 10.8. The fourth-order valence-electron chi connectivity index (χ4n) is 4.72. The summed E-state index contributed by atoms with van der Waals surface area (Å²) in [6.07, 6.45) is 1.19. The molecule has 1 aliphatic rings. The van der Waals surface area contributed by atoms with E-state index in [9.17, 15) is 14.4 Å². The van der Waals surface area contributed by atoms with E-state index >= 15 is 0 Å². The number of nitrogens with zero attached hydrogens (tertiary/aromatic N) is 1. The maximum atomic E-state index is 13.7. The highest BCUT2D eigenvalue weighted by atomic mass is 16.2. The van der Waals surface area contributed by atoms with E-state index in [-0.39, 0.29) is 18.4 Å². The van der Waals surface area contributed by atoms with Crippen molar-refractivity contribution in [2.24, 2.45) is 5.73 Å². The van der Waals surface area contributed by atoms with Crippen LogP contribution in [0.5, 0.6) is 0 Å². The van der Waals surface area contributed by atoms with E-state index in [0.29, 0.717) is 17.8 Å². The fourth-order valence-corrected chi connectivity index (χ4v) is 4.72. The summed E-state index contributed by atoms with van der Waals surface area (Å²) in [4.78, 5) is 40.1. The minimum atomic E-state index is -0.860. The molecule has 7 heteroatoms. The van der Waals surface area contributed by atoms with Crippen molar-refractivity contribution in [1.82, 2.24) is 5.32 Å². The molecule has 2 atom stereocenters. The standard InChI is InChI=1S/C28H30N4O3/c1-3-19-10-8-13-21(15-19)30-28(35)31-24-16-23(20-11-5-4-6-12-20)22-14-7-9-18(2)26(22)32(27(24)34)17-25(29)33/h4-15,23-24H,3,16-17H2,1-2H3,(H2,29,33)(H2,30,31,35). The molecule has 3 aromatic carbocycles. The van der Waals surface area contributed by atoms with Gasteiger partial charge in [0, 0.05) is 11.6 Å². The van der Waals surface area contributed by atoms with E-state index in [4.69, 9.17) is 5.73 Å². The Balaban J connectivity index is 1.71. The largest absolute Gasteiger partial charge is 0.368 e. The van der Waals surface area contributed by atoms with Gasteiger partial charge in [-0.05, 0) is 54.2 Å². The molecule has 0 saturated carbocycles. The lowest BCUT2D eigenvalue weighted by molar-refractivity contribution is -0.123. The summed E-state index contributed by atoms with van der Waals surface area (Å²) in [5.74, 6) is -1.15. The van der Waals surface area contributed by atoms with E-state index in [0.717, 1.165) is 28.7 Å². The van der Waals surface area contributed by atoms with E-state index in [1.807, 2.05) is 80.6 Å². The quantitative estimate of drug-likeness (QED) is 0.505. The summed E-state index contributed by atoms with van der Waals surface area (Å²) >= 11 is 0. The number of benzene rings is 3.